The van der Waals surface area contributed by atoms with E-state index >= 15 is 0 Å². The van der Waals surface area contributed by atoms with Gasteiger partial charge < -0.3 is 9.84 Å². The van der Waals surface area contributed by atoms with Gasteiger partial charge >= 0.3 is 0 Å². The highest BCUT2D eigenvalue weighted by molar-refractivity contribution is 7.09. The lowest BCUT2D eigenvalue weighted by atomic mass is 10.1. The highest BCUT2D eigenvalue weighted by Gasteiger charge is 2.13. The number of thiazole rings is 1. The normalized spacial score (nSPS) is 12.8. The third kappa shape index (κ3) is 4.38. The minimum absolute atomic E-state index is 0.408. The Balaban J connectivity index is 1.91. The van der Waals surface area contributed by atoms with Crippen molar-refractivity contribution in [1.29, 1.82) is 0 Å². The molecule has 20 heavy (non-hydrogen) atoms. The van der Waals surface area contributed by atoms with E-state index in [0.717, 1.165) is 42.3 Å². The van der Waals surface area contributed by atoms with Crippen LogP contribution in [0.1, 0.15) is 49.1 Å². The fourth-order valence-corrected chi connectivity index (χ4v) is 2.75. The Hall–Kier alpha value is -1.27. The molecule has 6 heteroatoms. The smallest absolute Gasteiger partial charge is 0.228 e. The maximum Gasteiger partial charge on any atom is 0.228 e. The topological polar surface area (TPSA) is 63.8 Å². The molecule has 0 aliphatic heterocycles. The van der Waals surface area contributed by atoms with E-state index in [2.05, 4.69) is 34.3 Å². The minimum atomic E-state index is 0.408. The number of nitrogens with zero attached hydrogens (tertiary/aromatic N) is 3. The van der Waals surface area contributed by atoms with Crippen LogP contribution < -0.4 is 5.32 Å². The Labute approximate surface area is 123 Å². The molecule has 0 radical (unpaired) electrons. The molecule has 2 aromatic heterocycles. The molecule has 1 atom stereocenters. The van der Waals surface area contributed by atoms with Crippen LogP contribution in [0.15, 0.2) is 9.90 Å². The molecule has 0 saturated heterocycles. The maximum atomic E-state index is 5.33. The summed E-state index contributed by atoms with van der Waals surface area (Å²) in [5, 5.41) is 10.6. The Kier molecular flexibility index (Phi) is 5.67. The summed E-state index contributed by atoms with van der Waals surface area (Å²) >= 11 is 1.64. The first-order chi connectivity index (χ1) is 9.71. The molecule has 2 aromatic rings. The van der Waals surface area contributed by atoms with Crippen LogP contribution in [0.3, 0.4) is 0 Å². The Morgan fingerprint density at radius 3 is 2.85 bits per heavy atom. The Morgan fingerprint density at radius 1 is 1.35 bits per heavy atom. The fraction of sp³-hybridized carbons (Fsp3) is 0.643. The predicted octanol–water partition coefficient (Wildman–Crippen LogP) is 2.75. The molecule has 0 spiro atoms. The predicted molar refractivity (Wildman–Crippen MR) is 80.0 cm³/mol. The lowest BCUT2D eigenvalue weighted by Gasteiger charge is -2.13. The van der Waals surface area contributed by atoms with E-state index in [4.69, 9.17) is 4.52 Å². The van der Waals surface area contributed by atoms with Crippen LogP contribution in [0, 0.1) is 6.92 Å². The van der Waals surface area contributed by atoms with Gasteiger partial charge in [0.05, 0.1) is 6.42 Å². The van der Waals surface area contributed by atoms with Gasteiger partial charge in [-0.15, -0.1) is 11.3 Å². The molecule has 0 amide bonds. The van der Waals surface area contributed by atoms with Crippen LogP contribution in [0.2, 0.25) is 0 Å². The van der Waals surface area contributed by atoms with Crippen molar-refractivity contribution in [3.05, 3.63) is 27.8 Å². The van der Waals surface area contributed by atoms with Crippen molar-refractivity contribution >= 4 is 11.3 Å². The van der Waals surface area contributed by atoms with Gasteiger partial charge in [-0.2, -0.15) is 4.98 Å². The van der Waals surface area contributed by atoms with Crippen LogP contribution in [-0.4, -0.2) is 27.7 Å². The van der Waals surface area contributed by atoms with Crippen LogP contribution in [-0.2, 0) is 12.8 Å². The van der Waals surface area contributed by atoms with E-state index in [-0.39, 0.29) is 0 Å². The Morgan fingerprint density at radius 2 is 2.20 bits per heavy atom. The lowest BCUT2D eigenvalue weighted by Crippen LogP contribution is -2.31. The second-order valence-corrected chi connectivity index (χ2v) is 5.87. The molecule has 2 rings (SSSR count). The second kappa shape index (κ2) is 7.50. The molecule has 0 bridgehead atoms. The maximum absolute atomic E-state index is 5.33. The zero-order chi connectivity index (χ0) is 14.4. The number of aromatic nitrogens is 3. The van der Waals surface area contributed by atoms with Gasteiger partial charge in [-0.25, -0.2) is 4.98 Å². The van der Waals surface area contributed by atoms with E-state index in [1.54, 1.807) is 11.3 Å². The van der Waals surface area contributed by atoms with Crippen LogP contribution in [0.5, 0.6) is 0 Å². The van der Waals surface area contributed by atoms with Crippen molar-refractivity contribution in [3.63, 3.8) is 0 Å². The van der Waals surface area contributed by atoms with Crippen LogP contribution in [0.25, 0.3) is 0 Å². The molecule has 5 nitrogen and oxygen atoms in total. The quantitative estimate of drug-likeness (QED) is 0.811. The molecular weight excluding hydrogens is 272 g/mol. The summed E-state index contributed by atoms with van der Waals surface area (Å²) in [7, 11) is 0. The first-order valence-corrected chi connectivity index (χ1v) is 8.05. The lowest BCUT2D eigenvalue weighted by molar-refractivity contribution is 0.350. The van der Waals surface area contributed by atoms with Crippen LogP contribution >= 0.6 is 11.3 Å². The highest BCUT2D eigenvalue weighted by atomic mass is 32.1. The summed E-state index contributed by atoms with van der Waals surface area (Å²) in [6.07, 6.45) is 3.64. The van der Waals surface area contributed by atoms with Crippen molar-refractivity contribution in [2.75, 3.05) is 6.54 Å². The van der Waals surface area contributed by atoms with Gasteiger partial charge in [0.15, 0.2) is 5.82 Å². The summed E-state index contributed by atoms with van der Waals surface area (Å²) in [6, 6.07) is 0.408. The van der Waals surface area contributed by atoms with E-state index in [0.29, 0.717) is 18.4 Å². The SMILES string of the molecule is CCCNC(CC)Cc1nc(Cc2nc(C)cs2)no1. The number of nitrogens with one attached hydrogen (secondary N) is 1. The Bertz CT molecular complexity index is 523. The van der Waals surface area contributed by atoms with Crippen molar-refractivity contribution < 1.29 is 4.52 Å². The number of hydrogen-bond acceptors (Lipinski definition) is 6. The number of hydrogen-bond donors (Lipinski definition) is 1. The van der Waals surface area contributed by atoms with E-state index < -0.39 is 0 Å². The van der Waals surface area contributed by atoms with Crippen molar-refractivity contribution in [3.8, 4) is 0 Å². The standard InChI is InChI=1S/C14H22N4OS/c1-4-6-15-11(5-2)7-13-17-12(18-19-13)8-14-16-10(3)9-20-14/h9,11,15H,4-8H2,1-3H3. The van der Waals surface area contributed by atoms with E-state index in [1.807, 2.05) is 12.3 Å². The molecule has 0 aliphatic rings. The van der Waals surface area contributed by atoms with Gasteiger partial charge in [0.25, 0.3) is 0 Å². The van der Waals surface area contributed by atoms with Gasteiger partial charge in [0.1, 0.15) is 5.01 Å². The second-order valence-electron chi connectivity index (χ2n) is 4.93. The molecule has 1 unspecified atom stereocenters. The van der Waals surface area contributed by atoms with Crippen molar-refractivity contribution in [1.82, 2.24) is 20.4 Å². The van der Waals surface area contributed by atoms with Gasteiger partial charge in [-0.3, -0.25) is 0 Å². The summed E-state index contributed by atoms with van der Waals surface area (Å²) in [5.74, 6) is 1.43. The number of rotatable bonds is 8. The summed E-state index contributed by atoms with van der Waals surface area (Å²) in [5.41, 5.74) is 1.04. The van der Waals surface area contributed by atoms with Crippen molar-refractivity contribution in [2.24, 2.45) is 0 Å². The highest BCUT2D eigenvalue weighted by Crippen LogP contribution is 2.13. The summed E-state index contributed by atoms with van der Waals surface area (Å²) in [4.78, 5) is 8.88. The summed E-state index contributed by atoms with van der Waals surface area (Å²) in [6.45, 7) is 7.36. The van der Waals surface area contributed by atoms with Gasteiger partial charge in [-0.1, -0.05) is 19.0 Å². The first kappa shape index (κ1) is 15.1. The summed E-state index contributed by atoms with van der Waals surface area (Å²) < 4.78 is 5.33. The number of aryl methyl sites for hydroxylation is 1. The van der Waals surface area contributed by atoms with Crippen LogP contribution in [0.4, 0.5) is 0 Å². The van der Waals surface area contributed by atoms with E-state index in [9.17, 15) is 0 Å². The van der Waals surface area contributed by atoms with Gasteiger partial charge in [-0.05, 0) is 26.3 Å². The fourth-order valence-electron chi connectivity index (χ4n) is 1.98. The first-order valence-electron chi connectivity index (χ1n) is 7.17. The van der Waals surface area contributed by atoms with E-state index in [1.165, 1.54) is 0 Å². The molecule has 110 valence electrons. The van der Waals surface area contributed by atoms with Gasteiger partial charge in [0, 0.05) is 23.5 Å². The largest absolute Gasteiger partial charge is 0.339 e. The monoisotopic (exact) mass is 294 g/mol. The molecular formula is C14H22N4OS. The average molecular weight is 294 g/mol. The zero-order valence-electron chi connectivity index (χ0n) is 12.3. The molecule has 0 saturated carbocycles. The van der Waals surface area contributed by atoms with Crippen molar-refractivity contribution in [2.45, 2.75) is 52.5 Å². The third-order valence-electron chi connectivity index (χ3n) is 3.08. The molecule has 0 aromatic carbocycles. The molecule has 1 N–H and O–H groups in total. The third-order valence-corrected chi connectivity index (χ3v) is 4.05. The zero-order valence-corrected chi connectivity index (χ0v) is 13.2. The molecule has 0 fully saturated rings. The molecule has 2 heterocycles. The minimum Gasteiger partial charge on any atom is -0.339 e. The average Bonchev–Trinajstić information content (AvgIpc) is 3.04. The van der Waals surface area contributed by atoms with Gasteiger partial charge in [0.2, 0.25) is 5.89 Å². The molecule has 0 aliphatic carbocycles.